The van der Waals surface area contributed by atoms with Gasteiger partial charge in [-0.15, -0.1) is 23.1 Å². The third kappa shape index (κ3) is 4.48. The van der Waals surface area contributed by atoms with Crippen molar-refractivity contribution in [2.45, 2.75) is 42.2 Å². The second kappa shape index (κ2) is 7.65. The number of hydrogen-bond acceptors (Lipinski definition) is 6. The van der Waals surface area contributed by atoms with Crippen molar-refractivity contribution in [3.8, 4) is 0 Å². The Hall–Kier alpha value is -1.53. The van der Waals surface area contributed by atoms with Crippen molar-refractivity contribution in [1.29, 1.82) is 0 Å². The van der Waals surface area contributed by atoms with Gasteiger partial charge >= 0.3 is 0 Å². The Bertz CT molecular complexity index is 615. The van der Waals surface area contributed by atoms with E-state index >= 15 is 0 Å². The first-order valence-corrected chi connectivity index (χ1v) is 9.32. The molecule has 0 spiro atoms. The summed E-state index contributed by atoms with van der Waals surface area (Å²) in [7, 11) is 0. The molecule has 4 nitrogen and oxygen atoms in total. The first kappa shape index (κ1) is 15.4. The van der Waals surface area contributed by atoms with E-state index in [0.29, 0.717) is 10.9 Å². The SMILES string of the molecule is Nc1csc(NN=Cc2ccc(SC3CCCCC3)cc2)n1. The summed E-state index contributed by atoms with van der Waals surface area (Å²) in [6.45, 7) is 0. The lowest BCUT2D eigenvalue weighted by molar-refractivity contribution is 0.516. The summed E-state index contributed by atoms with van der Waals surface area (Å²) < 4.78 is 0. The summed E-state index contributed by atoms with van der Waals surface area (Å²) in [4.78, 5) is 5.44. The minimum absolute atomic E-state index is 0.520. The van der Waals surface area contributed by atoms with Crippen molar-refractivity contribution in [3.05, 3.63) is 35.2 Å². The number of thioether (sulfide) groups is 1. The average molecular weight is 332 g/mol. The maximum atomic E-state index is 5.56. The van der Waals surface area contributed by atoms with E-state index in [4.69, 9.17) is 5.73 Å². The van der Waals surface area contributed by atoms with E-state index in [1.54, 1.807) is 11.6 Å². The van der Waals surface area contributed by atoms with Crippen LogP contribution in [0.15, 0.2) is 39.6 Å². The Labute approximate surface area is 139 Å². The molecule has 3 rings (SSSR count). The molecule has 1 saturated carbocycles. The molecule has 1 heterocycles. The van der Waals surface area contributed by atoms with Crippen LogP contribution in [0, 0.1) is 0 Å². The van der Waals surface area contributed by atoms with Crippen molar-refractivity contribution in [2.75, 3.05) is 11.2 Å². The molecule has 2 aromatic rings. The molecule has 1 aromatic carbocycles. The number of thiazole rings is 1. The standard InChI is InChI=1S/C16H20N4S2/c17-15-11-21-16(19-15)20-18-10-12-6-8-14(9-7-12)22-13-4-2-1-3-5-13/h6-11,13H,1-5,17H2,(H,19,20). The second-order valence-electron chi connectivity index (χ2n) is 5.39. The second-order valence-corrected chi connectivity index (χ2v) is 7.63. The summed E-state index contributed by atoms with van der Waals surface area (Å²) in [5.74, 6) is 0.520. The van der Waals surface area contributed by atoms with Crippen molar-refractivity contribution in [1.82, 2.24) is 4.98 Å². The van der Waals surface area contributed by atoms with Crippen LogP contribution < -0.4 is 11.2 Å². The number of rotatable bonds is 5. The molecule has 0 unspecified atom stereocenters. The van der Waals surface area contributed by atoms with Crippen LogP contribution in [-0.2, 0) is 0 Å². The average Bonchev–Trinajstić information content (AvgIpc) is 2.96. The highest BCUT2D eigenvalue weighted by Crippen LogP contribution is 2.33. The minimum Gasteiger partial charge on any atom is -0.383 e. The van der Waals surface area contributed by atoms with Gasteiger partial charge < -0.3 is 5.73 Å². The largest absolute Gasteiger partial charge is 0.383 e. The monoisotopic (exact) mass is 332 g/mol. The highest BCUT2D eigenvalue weighted by atomic mass is 32.2. The highest BCUT2D eigenvalue weighted by molar-refractivity contribution is 8.00. The number of anilines is 2. The number of nitrogens with two attached hydrogens (primary N) is 1. The summed E-state index contributed by atoms with van der Waals surface area (Å²) in [5.41, 5.74) is 9.52. The van der Waals surface area contributed by atoms with Gasteiger partial charge in [0, 0.05) is 15.5 Å². The van der Waals surface area contributed by atoms with Crippen LogP contribution in [0.25, 0.3) is 0 Å². The molecule has 0 amide bonds. The van der Waals surface area contributed by atoms with E-state index in [2.05, 4.69) is 39.8 Å². The number of nitrogen functional groups attached to an aromatic ring is 1. The smallest absolute Gasteiger partial charge is 0.205 e. The normalized spacial score (nSPS) is 16.2. The van der Waals surface area contributed by atoms with Crippen molar-refractivity contribution < 1.29 is 0 Å². The topological polar surface area (TPSA) is 63.3 Å². The van der Waals surface area contributed by atoms with Crippen molar-refractivity contribution in [2.24, 2.45) is 5.10 Å². The quantitative estimate of drug-likeness (QED) is 0.620. The summed E-state index contributed by atoms with van der Waals surface area (Å²) >= 11 is 3.46. The lowest BCUT2D eigenvalue weighted by atomic mass is 10.0. The number of benzene rings is 1. The molecule has 3 N–H and O–H groups in total. The summed E-state index contributed by atoms with van der Waals surface area (Å²) in [6, 6.07) is 8.57. The lowest BCUT2D eigenvalue weighted by Crippen LogP contribution is -2.07. The molecular formula is C16H20N4S2. The molecular weight excluding hydrogens is 312 g/mol. The van der Waals surface area contributed by atoms with Gasteiger partial charge in [-0.05, 0) is 30.5 Å². The zero-order chi connectivity index (χ0) is 15.2. The fraction of sp³-hybridized carbons (Fsp3) is 0.375. The maximum Gasteiger partial charge on any atom is 0.205 e. The third-order valence-electron chi connectivity index (χ3n) is 3.63. The van der Waals surface area contributed by atoms with Crippen LogP contribution in [0.1, 0.15) is 37.7 Å². The van der Waals surface area contributed by atoms with Gasteiger partial charge in [-0.3, -0.25) is 5.43 Å². The van der Waals surface area contributed by atoms with E-state index in [9.17, 15) is 0 Å². The van der Waals surface area contributed by atoms with Crippen LogP contribution in [0.3, 0.4) is 0 Å². The highest BCUT2D eigenvalue weighted by Gasteiger charge is 2.14. The fourth-order valence-electron chi connectivity index (χ4n) is 2.51. The summed E-state index contributed by atoms with van der Waals surface area (Å²) in [6.07, 6.45) is 8.69. The van der Waals surface area contributed by atoms with E-state index < -0.39 is 0 Å². The van der Waals surface area contributed by atoms with Gasteiger partial charge in [-0.25, -0.2) is 4.98 Å². The molecule has 0 saturated heterocycles. The Morgan fingerprint density at radius 2 is 2.00 bits per heavy atom. The molecule has 22 heavy (non-hydrogen) atoms. The lowest BCUT2D eigenvalue weighted by Gasteiger charge is -2.20. The number of hydrogen-bond donors (Lipinski definition) is 2. The molecule has 116 valence electrons. The predicted molar refractivity (Wildman–Crippen MR) is 96.9 cm³/mol. The maximum absolute atomic E-state index is 5.56. The van der Waals surface area contributed by atoms with Crippen LogP contribution in [0.5, 0.6) is 0 Å². The first-order chi connectivity index (χ1) is 10.8. The number of aromatic nitrogens is 1. The van der Waals surface area contributed by atoms with Gasteiger partial charge in [-0.2, -0.15) is 5.10 Å². The van der Waals surface area contributed by atoms with Gasteiger partial charge in [0.05, 0.1) is 6.21 Å². The van der Waals surface area contributed by atoms with Gasteiger partial charge in [0.25, 0.3) is 0 Å². The van der Waals surface area contributed by atoms with Gasteiger partial charge in [0.15, 0.2) is 0 Å². The molecule has 1 fully saturated rings. The zero-order valence-electron chi connectivity index (χ0n) is 12.4. The van der Waals surface area contributed by atoms with Crippen molar-refractivity contribution >= 4 is 40.3 Å². The van der Waals surface area contributed by atoms with Crippen LogP contribution in [-0.4, -0.2) is 16.4 Å². The Kier molecular flexibility index (Phi) is 5.34. The van der Waals surface area contributed by atoms with E-state index in [1.165, 1.54) is 48.3 Å². The zero-order valence-corrected chi connectivity index (χ0v) is 14.0. The number of hydrazone groups is 1. The Morgan fingerprint density at radius 3 is 2.68 bits per heavy atom. The molecule has 0 aliphatic heterocycles. The summed E-state index contributed by atoms with van der Waals surface area (Å²) in [5, 5.41) is 7.47. The molecule has 1 aromatic heterocycles. The van der Waals surface area contributed by atoms with Gasteiger partial charge in [0.1, 0.15) is 5.82 Å². The third-order valence-corrected chi connectivity index (χ3v) is 5.75. The van der Waals surface area contributed by atoms with Gasteiger partial charge in [0.2, 0.25) is 5.13 Å². The molecule has 1 aliphatic carbocycles. The predicted octanol–water partition coefficient (Wildman–Crippen LogP) is 4.60. The van der Waals surface area contributed by atoms with Crippen LogP contribution in [0.2, 0.25) is 0 Å². The molecule has 1 aliphatic rings. The Morgan fingerprint density at radius 1 is 1.23 bits per heavy atom. The first-order valence-electron chi connectivity index (χ1n) is 7.56. The van der Waals surface area contributed by atoms with E-state index in [-0.39, 0.29) is 0 Å². The Balaban J connectivity index is 1.52. The van der Waals surface area contributed by atoms with Gasteiger partial charge in [-0.1, -0.05) is 31.4 Å². The minimum atomic E-state index is 0.520. The van der Waals surface area contributed by atoms with E-state index in [0.717, 1.165) is 10.8 Å². The molecule has 0 radical (unpaired) electrons. The fourth-order valence-corrected chi connectivity index (χ4v) is 4.30. The number of nitrogens with zero attached hydrogens (tertiary/aromatic N) is 2. The molecule has 0 atom stereocenters. The molecule has 6 heteroatoms. The van der Waals surface area contributed by atoms with Crippen molar-refractivity contribution in [3.63, 3.8) is 0 Å². The van der Waals surface area contributed by atoms with Crippen LogP contribution >= 0.6 is 23.1 Å². The van der Waals surface area contributed by atoms with E-state index in [1.807, 2.05) is 11.8 Å². The number of nitrogens with one attached hydrogen (secondary N) is 1. The van der Waals surface area contributed by atoms with Crippen LogP contribution in [0.4, 0.5) is 10.9 Å². The molecule has 0 bridgehead atoms.